The van der Waals surface area contributed by atoms with Gasteiger partial charge < -0.3 is 10.4 Å². The number of benzene rings is 1. The first kappa shape index (κ1) is 15.0. The summed E-state index contributed by atoms with van der Waals surface area (Å²) in [7, 11) is 0. The fourth-order valence-corrected chi connectivity index (χ4v) is 3.13. The van der Waals surface area contributed by atoms with Crippen molar-refractivity contribution in [1.82, 2.24) is 5.32 Å². The van der Waals surface area contributed by atoms with E-state index in [4.69, 9.17) is 5.11 Å². The first-order valence-electron chi connectivity index (χ1n) is 7.39. The quantitative estimate of drug-likeness (QED) is 0.712. The van der Waals surface area contributed by atoms with Crippen LogP contribution in [0.15, 0.2) is 28.7 Å². The minimum atomic E-state index is 0.338. The van der Waals surface area contributed by atoms with Crippen molar-refractivity contribution in [2.75, 3.05) is 13.2 Å². The van der Waals surface area contributed by atoms with Crippen LogP contribution in [0.1, 0.15) is 50.0 Å². The number of hydrogen-bond acceptors (Lipinski definition) is 2. The van der Waals surface area contributed by atoms with Crippen molar-refractivity contribution < 1.29 is 5.11 Å². The van der Waals surface area contributed by atoms with Gasteiger partial charge in [-0.3, -0.25) is 0 Å². The summed E-state index contributed by atoms with van der Waals surface area (Å²) in [6, 6.07) is 9.41. The molecule has 2 rings (SSSR count). The van der Waals surface area contributed by atoms with Crippen LogP contribution in [0.2, 0.25) is 0 Å². The Balaban J connectivity index is 1.56. The molecule has 0 saturated heterocycles. The Morgan fingerprint density at radius 2 is 1.95 bits per heavy atom. The summed E-state index contributed by atoms with van der Waals surface area (Å²) < 4.78 is 1.19. The van der Waals surface area contributed by atoms with Gasteiger partial charge in [-0.25, -0.2) is 0 Å². The van der Waals surface area contributed by atoms with E-state index in [0.717, 1.165) is 25.3 Å². The molecule has 0 radical (unpaired) electrons. The van der Waals surface area contributed by atoms with Gasteiger partial charge in [0.25, 0.3) is 0 Å². The van der Waals surface area contributed by atoms with Gasteiger partial charge >= 0.3 is 0 Å². The highest BCUT2D eigenvalue weighted by atomic mass is 79.9. The van der Waals surface area contributed by atoms with Crippen molar-refractivity contribution in [3.63, 3.8) is 0 Å². The molecule has 1 aliphatic carbocycles. The molecule has 19 heavy (non-hydrogen) atoms. The molecule has 0 aliphatic heterocycles. The summed E-state index contributed by atoms with van der Waals surface area (Å²) in [6.07, 6.45) is 7.12. The lowest BCUT2D eigenvalue weighted by Crippen LogP contribution is -2.40. The SMILES string of the molecule is OCCCCCCNC1CC(c2cccc(Br)c2)C1. The average molecular weight is 326 g/mol. The third kappa shape index (κ3) is 4.90. The maximum absolute atomic E-state index is 8.70. The number of rotatable bonds is 8. The zero-order valence-corrected chi connectivity index (χ0v) is 13.0. The maximum Gasteiger partial charge on any atom is 0.0431 e. The van der Waals surface area contributed by atoms with E-state index >= 15 is 0 Å². The first-order valence-corrected chi connectivity index (χ1v) is 8.18. The van der Waals surface area contributed by atoms with Gasteiger partial charge in [-0.05, 0) is 55.8 Å². The second-order valence-electron chi connectivity index (χ2n) is 5.51. The standard InChI is InChI=1S/C16H24BrNO/c17-15-7-5-6-13(10-15)14-11-16(12-14)18-8-3-1-2-4-9-19/h5-7,10,14,16,18-19H,1-4,8-9,11-12H2. The Bertz CT molecular complexity index is 377. The molecule has 0 aromatic heterocycles. The first-order chi connectivity index (χ1) is 9.29. The molecule has 0 unspecified atom stereocenters. The molecule has 3 heteroatoms. The van der Waals surface area contributed by atoms with E-state index in [0.29, 0.717) is 12.6 Å². The number of halogens is 1. The van der Waals surface area contributed by atoms with Crippen LogP contribution in [0.5, 0.6) is 0 Å². The minimum absolute atomic E-state index is 0.338. The van der Waals surface area contributed by atoms with Crippen LogP contribution in [0.3, 0.4) is 0 Å². The van der Waals surface area contributed by atoms with Crippen LogP contribution in [-0.2, 0) is 0 Å². The smallest absolute Gasteiger partial charge is 0.0431 e. The van der Waals surface area contributed by atoms with Crippen molar-refractivity contribution in [3.8, 4) is 0 Å². The molecule has 1 fully saturated rings. The number of nitrogens with one attached hydrogen (secondary N) is 1. The van der Waals surface area contributed by atoms with Gasteiger partial charge in [0.15, 0.2) is 0 Å². The minimum Gasteiger partial charge on any atom is -0.396 e. The summed E-state index contributed by atoms with van der Waals surface area (Å²) in [6.45, 7) is 1.46. The van der Waals surface area contributed by atoms with Crippen LogP contribution >= 0.6 is 15.9 Å². The molecule has 0 spiro atoms. The Hall–Kier alpha value is -0.380. The van der Waals surface area contributed by atoms with E-state index in [1.165, 1.54) is 35.7 Å². The zero-order valence-electron chi connectivity index (χ0n) is 11.4. The normalized spacial score (nSPS) is 22.2. The highest BCUT2D eigenvalue weighted by Gasteiger charge is 2.29. The molecule has 0 amide bonds. The summed E-state index contributed by atoms with van der Waals surface area (Å²) in [5.41, 5.74) is 1.47. The second-order valence-corrected chi connectivity index (χ2v) is 6.43. The van der Waals surface area contributed by atoms with Crippen molar-refractivity contribution in [2.45, 2.75) is 50.5 Å². The predicted octanol–water partition coefficient (Wildman–Crippen LogP) is 3.84. The van der Waals surface area contributed by atoms with Crippen molar-refractivity contribution >= 4 is 15.9 Å². The van der Waals surface area contributed by atoms with Gasteiger partial charge in [-0.1, -0.05) is 40.9 Å². The lowest BCUT2D eigenvalue weighted by Gasteiger charge is -2.36. The highest BCUT2D eigenvalue weighted by Crippen LogP contribution is 2.37. The van der Waals surface area contributed by atoms with Crippen LogP contribution < -0.4 is 5.32 Å². The van der Waals surface area contributed by atoms with Crippen LogP contribution in [0.25, 0.3) is 0 Å². The summed E-state index contributed by atoms with van der Waals surface area (Å²) in [4.78, 5) is 0. The molecule has 1 aromatic carbocycles. The predicted molar refractivity (Wildman–Crippen MR) is 83.5 cm³/mol. The van der Waals surface area contributed by atoms with E-state index in [1.807, 2.05) is 0 Å². The largest absolute Gasteiger partial charge is 0.396 e. The molecule has 0 bridgehead atoms. The number of aliphatic hydroxyl groups excluding tert-OH is 1. The summed E-state index contributed by atoms with van der Waals surface area (Å²) in [5.74, 6) is 0.740. The monoisotopic (exact) mass is 325 g/mol. The maximum atomic E-state index is 8.70. The molecule has 1 aliphatic rings. The fourth-order valence-electron chi connectivity index (χ4n) is 2.71. The second kappa shape index (κ2) is 8.03. The summed E-state index contributed by atoms with van der Waals surface area (Å²) >= 11 is 3.54. The van der Waals surface area contributed by atoms with E-state index in [-0.39, 0.29) is 0 Å². The van der Waals surface area contributed by atoms with Gasteiger partial charge in [0.1, 0.15) is 0 Å². The Labute approximate surface area is 124 Å². The van der Waals surface area contributed by atoms with Crippen LogP contribution in [0.4, 0.5) is 0 Å². The Kier molecular flexibility index (Phi) is 6.35. The third-order valence-corrected chi connectivity index (χ3v) is 4.47. The van der Waals surface area contributed by atoms with Gasteiger partial charge in [0.05, 0.1) is 0 Å². The number of aliphatic hydroxyl groups is 1. The van der Waals surface area contributed by atoms with Gasteiger partial charge in [-0.2, -0.15) is 0 Å². The van der Waals surface area contributed by atoms with E-state index < -0.39 is 0 Å². The summed E-state index contributed by atoms with van der Waals surface area (Å²) in [5, 5.41) is 12.3. The average Bonchev–Trinajstić information content (AvgIpc) is 2.35. The van der Waals surface area contributed by atoms with Crippen molar-refractivity contribution in [2.24, 2.45) is 0 Å². The van der Waals surface area contributed by atoms with Crippen molar-refractivity contribution in [1.29, 1.82) is 0 Å². The molecular weight excluding hydrogens is 302 g/mol. The highest BCUT2D eigenvalue weighted by molar-refractivity contribution is 9.10. The molecule has 2 nitrogen and oxygen atoms in total. The molecule has 2 N–H and O–H groups in total. The van der Waals surface area contributed by atoms with E-state index in [1.54, 1.807) is 0 Å². The van der Waals surface area contributed by atoms with Gasteiger partial charge in [0.2, 0.25) is 0 Å². The molecule has 106 valence electrons. The number of hydrogen-bond donors (Lipinski definition) is 2. The van der Waals surface area contributed by atoms with Gasteiger partial charge in [-0.15, -0.1) is 0 Å². The molecule has 1 saturated carbocycles. The topological polar surface area (TPSA) is 32.3 Å². The Morgan fingerprint density at radius 3 is 2.68 bits per heavy atom. The molecule has 0 atom stereocenters. The van der Waals surface area contributed by atoms with E-state index in [9.17, 15) is 0 Å². The van der Waals surface area contributed by atoms with Gasteiger partial charge in [0, 0.05) is 17.1 Å². The number of unbranched alkanes of at least 4 members (excludes halogenated alkanes) is 3. The molecule has 1 aromatic rings. The lowest BCUT2D eigenvalue weighted by atomic mass is 9.76. The molecular formula is C16H24BrNO. The third-order valence-electron chi connectivity index (χ3n) is 3.98. The van der Waals surface area contributed by atoms with E-state index in [2.05, 4.69) is 45.5 Å². The zero-order chi connectivity index (χ0) is 13.5. The Morgan fingerprint density at radius 1 is 1.16 bits per heavy atom. The molecule has 0 heterocycles. The van der Waals surface area contributed by atoms with Crippen LogP contribution in [0, 0.1) is 0 Å². The fraction of sp³-hybridized carbons (Fsp3) is 0.625. The van der Waals surface area contributed by atoms with Crippen molar-refractivity contribution in [3.05, 3.63) is 34.3 Å². The lowest BCUT2D eigenvalue weighted by molar-refractivity contribution is 0.277. The van der Waals surface area contributed by atoms with Crippen LogP contribution in [-0.4, -0.2) is 24.3 Å².